The predicted molar refractivity (Wildman–Crippen MR) is 329 cm³/mol. The third-order valence-electron chi connectivity index (χ3n) is 17.4. The Morgan fingerprint density at radius 1 is 0.113 bits per heavy atom. The van der Waals surface area contributed by atoms with Crippen LogP contribution in [0.15, 0.2) is 0 Å². The second kappa shape index (κ2) is 64.2. The zero-order valence-corrected chi connectivity index (χ0v) is 51.1. The highest BCUT2D eigenvalue weighted by molar-refractivity contribution is 4.58. The summed E-state index contributed by atoms with van der Waals surface area (Å²) in [6.45, 7) is 15.3. The summed E-state index contributed by atoms with van der Waals surface area (Å²) >= 11 is 0. The summed E-state index contributed by atoms with van der Waals surface area (Å²) in [5.74, 6) is 0. The summed E-state index contributed by atoms with van der Waals surface area (Å²) in [4.78, 5) is 0. The first-order chi connectivity index (χ1) is 35.2. The maximum absolute atomic E-state index is 2.34. The van der Waals surface area contributed by atoms with Crippen LogP contribution in [0.1, 0.15) is 426 Å². The molecule has 0 amide bonds. The number of rotatable bonds is 66. The molecular formula is C70H144N+. The highest BCUT2D eigenvalue weighted by Crippen LogP contribution is 2.23. The van der Waals surface area contributed by atoms with Crippen molar-refractivity contribution in [2.24, 2.45) is 0 Å². The second-order valence-electron chi connectivity index (χ2n) is 24.7. The lowest BCUT2D eigenvalue weighted by Gasteiger charge is -2.40. The lowest BCUT2D eigenvalue weighted by Crippen LogP contribution is -2.50. The Kier molecular flexibility index (Phi) is 64.2. The average Bonchev–Trinajstić information content (AvgIpc) is 3.38. The first-order valence-electron chi connectivity index (χ1n) is 35.1. The molecular weight excluding hydrogens is 855 g/mol. The summed E-state index contributed by atoms with van der Waals surface area (Å²) in [5, 5.41) is 0. The van der Waals surface area contributed by atoms with Crippen LogP contribution in [0.2, 0.25) is 0 Å². The Hall–Kier alpha value is -0.0400. The Balaban J connectivity index is 4.89. The van der Waals surface area contributed by atoms with Crippen LogP contribution in [0.4, 0.5) is 0 Å². The summed E-state index contributed by atoms with van der Waals surface area (Å²) in [7, 11) is 0. The maximum atomic E-state index is 2.34. The summed E-state index contributed by atoms with van der Waals surface area (Å²) in [5.41, 5.74) is 0. The Bertz CT molecular complexity index is 815. The molecule has 1 heteroatoms. The average molecular weight is 1000 g/mol. The molecule has 428 valence electrons. The molecule has 0 atom stereocenters. The largest absolute Gasteiger partial charge is 0.324 e. The van der Waals surface area contributed by atoms with Crippen LogP contribution in [0.25, 0.3) is 0 Å². The van der Waals surface area contributed by atoms with Crippen molar-refractivity contribution in [3.63, 3.8) is 0 Å². The van der Waals surface area contributed by atoms with Crippen LogP contribution in [-0.4, -0.2) is 30.7 Å². The van der Waals surface area contributed by atoms with Crippen LogP contribution in [0.3, 0.4) is 0 Å². The van der Waals surface area contributed by atoms with E-state index in [9.17, 15) is 0 Å². The molecule has 0 aromatic heterocycles. The standard InChI is InChI=1S/C70H144N/c1-5-9-13-17-21-25-29-33-37-38-39-40-41-42-46-50-54-58-62-66-70-71(67-63-59-55-51-47-43-34-30-26-22-18-14-10-6-2,68-64-60-56-52-48-44-35-31-27-23-19-15-11-7-3)69-65-61-57-53-49-45-36-32-28-24-20-16-12-8-4/h5-70H2,1-4H3/q+1. The van der Waals surface area contributed by atoms with E-state index in [4.69, 9.17) is 0 Å². The van der Waals surface area contributed by atoms with E-state index in [0.29, 0.717) is 0 Å². The molecule has 0 N–H and O–H groups in total. The molecule has 0 saturated carbocycles. The minimum Gasteiger partial charge on any atom is -0.324 e. The molecule has 0 bridgehead atoms. The third kappa shape index (κ3) is 59.1. The molecule has 0 saturated heterocycles. The number of hydrogen-bond donors (Lipinski definition) is 0. The molecule has 0 aromatic rings. The molecule has 0 heterocycles. The van der Waals surface area contributed by atoms with Crippen LogP contribution >= 0.6 is 0 Å². The van der Waals surface area contributed by atoms with Gasteiger partial charge in [0.25, 0.3) is 0 Å². The Morgan fingerprint density at radius 2 is 0.197 bits per heavy atom. The minimum absolute atomic E-state index is 1.37. The van der Waals surface area contributed by atoms with E-state index in [-0.39, 0.29) is 0 Å². The van der Waals surface area contributed by atoms with Gasteiger partial charge in [-0.15, -0.1) is 0 Å². The van der Waals surface area contributed by atoms with Gasteiger partial charge in [-0.2, -0.15) is 0 Å². The normalized spacial score (nSPS) is 12.0. The molecule has 0 aliphatic heterocycles. The van der Waals surface area contributed by atoms with E-state index < -0.39 is 0 Å². The molecule has 0 fully saturated rings. The first-order valence-corrected chi connectivity index (χ1v) is 35.1. The molecule has 0 unspecified atom stereocenters. The molecule has 1 nitrogen and oxygen atoms in total. The van der Waals surface area contributed by atoms with E-state index in [0.717, 1.165) is 0 Å². The van der Waals surface area contributed by atoms with Gasteiger partial charge < -0.3 is 4.48 Å². The topological polar surface area (TPSA) is 0 Å². The number of unbranched alkanes of at least 4 members (excludes halogenated alkanes) is 58. The SMILES string of the molecule is CCCCCCCCCCCCCCCCCCCCCC[N+](CCCCCCCCCCCCCCCC)(CCCCCCCCCCCCCCCC)CCCCCCCCCCCCCCCC. The van der Waals surface area contributed by atoms with Crippen LogP contribution < -0.4 is 0 Å². The van der Waals surface area contributed by atoms with Crippen LogP contribution in [0.5, 0.6) is 0 Å². The van der Waals surface area contributed by atoms with Gasteiger partial charge in [-0.3, -0.25) is 0 Å². The zero-order chi connectivity index (χ0) is 51.2. The van der Waals surface area contributed by atoms with Gasteiger partial charge in [0.15, 0.2) is 0 Å². The summed E-state index contributed by atoms with van der Waals surface area (Å²) in [6.07, 6.45) is 91.7. The van der Waals surface area contributed by atoms with Crippen molar-refractivity contribution in [2.75, 3.05) is 26.2 Å². The van der Waals surface area contributed by atoms with Crippen molar-refractivity contribution < 1.29 is 4.48 Å². The molecule has 0 aromatic carbocycles. The first kappa shape index (κ1) is 71.0. The molecule has 0 aliphatic rings. The molecule has 0 spiro atoms. The molecule has 0 aliphatic carbocycles. The van der Waals surface area contributed by atoms with E-state index in [1.165, 1.54) is 429 Å². The van der Waals surface area contributed by atoms with E-state index in [2.05, 4.69) is 27.7 Å². The van der Waals surface area contributed by atoms with Gasteiger partial charge in [-0.05, 0) is 51.4 Å². The van der Waals surface area contributed by atoms with E-state index >= 15 is 0 Å². The van der Waals surface area contributed by atoms with Crippen LogP contribution in [-0.2, 0) is 0 Å². The molecule has 71 heavy (non-hydrogen) atoms. The number of nitrogens with zero attached hydrogens (tertiary/aromatic N) is 1. The van der Waals surface area contributed by atoms with Crippen molar-refractivity contribution in [1.29, 1.82) is 0 Å². The van der Waals surface area contributed by atoms with Gasteiger partial charge in [0, 0.05) is 0 Å². The molecule has 0 radical (unpaired) electrons. The van der Waals surface area contributed by atoms with Gasteiger partial charge in [-0.25, -0.2) is 0 Å². The fourth-order valence-electron chi connectivity index (χ4n) is 12.3. The fraction of sp³-hybridized carbons (Fsp3) is 1.00. The van der Waals surface area contributed by atoms with Gasteiger partial charge in [0.1, 0.15) is 0 Å². The fourth-order valence-corrected chi connectivity index (χ4v) is 12.3. The highest BCUT2D eigenvalue weighted by atomic mass is 15.3. The predicted octanol–water partition coefficient (Wildman–Crippen LogP) is 26.1. The lowest BCUT2D eigenvalue weighted by atomic mass is 10.0. The quantitative estimate of drug-likeness (QED) is 0.0421. The van der Waals surface area contributed by atoms with Gasteiger partial charge >= 0.3 is 0 Å². The summed E-state index contributed by atoms with van der Waals surface area (Å²) < 4.78 is 1.49. The van der Waals surface area contributed by atoms with Crippen molar-refractivity contribution >= 4 is 0 Å². The van der Waals surface area contributed by atoms with E-state index in [1.54, 1.807) is 0 Å². The van der Waals surface area contributed by atoms with Crippen molar-refractivity contribution in [1.82, 2.24) is 0 Å². The highest BCUT2D eigenvalue weighted by Gasteiger charge is 2.26. The smallest absolute Gasteiger partial charge is 0.0786 e. The van der Waals surface area contributed by atoms with Crippen molar-refractivity contribution in [3.8, 4) is 0 Å². The summed E-state index contributed by atoms with van der Waals surface area (Å²) in [6, 6.07) is 0. The van der Waals surface area contributed by atoms with Gasteiger partial charge in [0.05, 0.1) is 26.2 Å². The minimum atomic E-state index is 1.37. The van der Waals surface area contributed by atoms with Crippen molar-refractivity contribution in [2.45, 2.75) is 426 Å². The Morgan fingerprint density at radius 3 is 0.296 bits per heavy atom. The lowest BCUT2D eigenvalue weighted by molar-refractivity contribution is -0.929. The van der Waals surface area contributed by atoms with Crippen molar-refractivity contribution in [3.05, 3.63) is 0 Å². The number of hydrogen-bond acceptors (Lipinski definition) is 0. The Labute approximate surface area is 454 Å². The molecule has 0 rings (SSSR count). The zero-order valence-electron chi connectivity index (χ0n) is 51.1. The van der Waals surface area contributed by atoms with Crippen LogP contribution in [0, 0.1) is 0 Å². The third-order valence-corrected chi connectivity index (χ3v) is 17.4. The number of quaternary nitrogens is 1. The monoisotopic (exact) mass is 999 g/mol. The van der Waals surface area contributed by atoms with Gasteiger partial charge in [0.2, 0.25) is 0 Å². The van der Waals surface area contributed by atoms with Gasteiger partial charge in [-0.1, -0.05) is 374 Å². The van der Waals surface area contributed by atoms with E-state index in [1.807, 2.05) is 0 Å². The second-order valence-corrected chi connectivity index (χ2v) is 24.7. The maximum Gasteiger partial charge on any atom is 0.0786 e.